The molecular weight excluding hydrogens is 259 g/mol. The topological polar surface area (TPSA) is 95.9 Å². The number of carbonyl (C=O) groups is 2. The molecule has 0 aromatic rings. The molecule has 9 heteroatoms. The normalized spacial score (nSPS) is 25.8. The van der Waals surface area contributed by atoms with Gasteiger partial charge in [0.15, 0.2) is 12.2 Å². The van der Waals surface area contributed by atoms with Gasteiger partial charge in [-0.05, 0) is 12.8 Å². The molecule has 0 bridgehead atoms. The van der Waals surface area contributed by atoms with Crippen LogP contribution in [0.25, 0.3) is 0 Å². The Morgan fingerprint density at radius 1 is 1.33 bits per heavy atom. The van der Waals surface area contributed by atoms with Gasteiger partial charge in [-0.3, -0.25) is 4.79 Å². The first-order chi connectivity index (χ1) is 8.21. The van der Waals surface area contributed by atoms with E-state index in [1.807, 2.05) is 5.32 Å². The number of aliphatic hydroxyl groups is 1. The number of alkyl halides is 3. The summed E-state index contributed by atoms with van der Waals surface area (Å²) >= 11 is 0. The van der Waals surface area contributed by atoms with Crippen molar-refractivity contribution >= 4 is 11.9 Å². The van der Waals surface area contributed by atoms with Crippen LogP contribution in [0.3, 0.4) is 0 Å². The van der Waals surface area contributed by atoms with Crippen LogP contribution in [0.2, 0.25) is 0 Å². The molecule has 0 radical (unpaired) electrons. The fourth-order valence-corrected chi connectivity index (χ4v) is 1.44. The average molecular weight is 271 g/mol. The van der Waals surface area contributed by atoms with Gasteiger partial charge >= 0.3 is 12.1 Å². The number of halogens is 3. The molecule has 1 amide bonds. The van der Waals surface area contributed by atoms with Gasteiger partial charge in [0.2, 0.25) is 5.91 Å². The molecule has 6 nitrogen and oxygen atoms in total. The van der Waals surface area contributed by atoms with Gasteiger partial charge in [0.25, 0.3) is 0 Å². The number of ether oxygens (including phenoxy) is 1. The summed E-state index contributed by atoms with van der Waals surface area (Å²) in [5.41, 5.74) is 0. The number of aliphatic carboxylic acids is 1. The van der Waals surface area contributed by atoms with E-state index in [9.17, 15) is 22.8 Å². The number of carbonyl (C=O) groups excluding carboxylic acids is 1. The Balaban J connectivity index is 2.37. The van der Waals surface area contributed by atoms with Crippen LogP contribution in [0.4, 0.5) is 13.2 Å². The van der Waals surface area contributed by atoms with Crippen molar-refractivity contribution < 1.29 is 37.7 Å². The Hall–Kier alpha value is -1.35. The fourth-order valence-electron chi connectivity index (χ4n) is 1.44. The minimum absolute atomic E-state index is 0.116. The number of hydrogen-bond donors (Lipinski definition) is 3. The zero-order valence-corrected chi connectivity index (χ0v) is 9.11. The molecule has 18 heavy (non-hydrogen) atoms. The molecule has 3 N–H and O–H groups in total. The van der Waals surface area contributed by atoms with Crippen molar-refractivity contribution in [3.05, 3.63) is 0 Å². The number of carboxylic acids is 1. The molecule has 1 unspecified atom stereocenters. The van der Waals surface area contributed by atoms with Gasteiger partial charge < -0.3 is 20.3 Å². The second-order valence-electron chi connectivity index (χ2n) is 3.83. The van der Waals surface area contributed by atoms with Crippen LogP contribution < -0.4 is 5.32 Å². The van der Waals surface area contributed by atoms with E-state index < -0.39 is 42.9 Å². The van der Waals surface area contributed by atoms with Gasteiger partial charge in [-0.25, -0.2) is 4.79 Å². The molecule has 1 fully saturated rings. The Kier molecular flexibility index (Phi) is 4.52. The maximum Gasteiger partial charge on any atom is 0.416 e. The second kappa shape index (κ2) is 5.53. The highest BCUT2D eigenvalue weighted by molar-refractivity contribution is 5.82. The molecule has 0 aromatic heterocycles. The molecule has 1 heterocycles. The van der Waals surface area contributed by atoms with E-state index in [-0.39, 0.29) is 12.8 Å². The molecular formula is C9H12F3NO5. The van der Waals surface area contributed by atoms with Crippen molar-refractivity contribution in [3.8, 4) is 0 Å². The van der Waals surface area contributed by atoms with E-state index in [2.05, 4.69) is 0 Å². The van der Waals surface area contributed by atoms with Crippen molar-refractivity contribution in [1.29, 1.82) is 0 Å². The van der Waals surface area contributed by atoms with Crippen molar-refractivity contribution in [1.82, 2.24) is 5.32 Å². The zero-order chi connectivity index (χ0) is 13.9. The van der Waals surface area contributed by atoms with E-state index in [0.29, 0.717) is 0 Å². The molecule has 3 atom stereocenters. The number of aliphatic hydroxyl groups excluding tert-OH is 1. The summed E-state index contributed by atoms with van der Waals surface area (Å²) in [7, 11) is 0. The van der Waals surface area contributed by atoms with Gasteiger partial charge in [-0.2, -0.15) is 13.2 Å². The van der Waals surface area contributed by atoms with E-state index in [4.69, 9.17) is 14.9 Å². The molecule has 1 aliphatic rings. The predicted molar refractivity (Wildman–Crippen MR) is 50.6 cm³/mol. The lowest BCUT2D eigenvalue weighted by Gasteiger charge is -2.16. The molecule has 104 valence electrons. The Bertz CT molecular complexity index is 333. The summed E-state index contributed by atoms with van der Waals surface area (Å²) in [5.74, 6) is -2.08. The first-order valence-corrected chi connectivity index (χ1v) is 5.12. The summed E-state index contributed by atoms with van der Waals surface area (Å²) in [5, 5.41) is 19.1. The number of hydrogen-bond acceptors (Lipinski definition) is 4. The third-order valence-electron chi connectivity index (χ3n) is 2.43. The lowest BCUT2D eigenvalue weighted by Crippen LogP contribution is -2.44. The molecule has 0 spiro atoms. The highest BCUT2D eigenvalue weighted by atomic mass is 19.4. The van der Waals surface area contributed by atoms with Gasteiger partial charge in [-0.1, -0.05) is 0 Å². The SMILES string of the molecule is O=C(NCC(O)C(F)(F)F)[C@@H]1CC[C@H](C(=O)O)O1. The predicted octanol–water partition coefficient (Wildman–Crippen LogP) is -0.342. The summed E-state index contributed by atoms with van der Waals surface area (Å²) in [6.07, 6.45) is -9.44. The molecule has 1 rings (SSSR count). The quantitative estimate of drug-likeness (QED) is 0.650. The van der Waals surface area contributed by atoms with Gasteiger partial charge in [0.05, 0.1) is 6.54 Å². The fraction of sp³-hybridized carbons (Fsp3) is 0.778. The lowest BCUT2D eigenvalue weighted by atomic mass is 10.2. The summed E-state index contributed by atoms with van der Waals surface area (Å²) < 4.78 is 40.6. The first-order valence-electron chi connectivity index (χ1n) is 5.12. The van der Waals surface area contributed by atoms with Crippen LogP contribution in [-0.4, -0.2) is 53.1 Å². The van der Waals surface area contributed by atoms with E-state index >= 15 is 0 Å². The summed E-state index contributed by atoms with van der Waals surface area (Å²) in [6, 6.07) is 0. The van der Waals surface area contributed by atoms with Crippen LogP contribution >= 0.6 is 0 Å². The number of carboxylic acid groups (broad SMARTS) is 1. The third-order valence-corrected chi connectivity index (χ3v) is 2.43. The lowest BCUT2D eigenvalue weighted by molar-refractivity contribution is -0.202. The zero-order valence-electron chi connectivity index (χ0n) is 9.11. The minimum atomic E-state index is -4.81. The van der Waals surface area contributed by atoms with Crippen molar-refractivity contribution in [3.63, 3.8) is 0 Å². The first kappa shape index (κ1) is 14.7. The standard InChI is InChI=1S/C9H12F3NO5/c10-9(11,12)6(14)3-13-7(15)4-1-2-5(18-4)8(16)17/h4-6,14H,1-3H2,(H,13,15)(H,16,17)/t4-,5+,6?/m0/s1. The highest BCUT2D eigenvalue weighted by Crippen LogP contribution is 2.21. The Morgan fingerprint density at radius 2 is 1.89 bits per heavy atom. The average Bonchev–Trinajstić information content (AvgIpc) is 2.73. The van der Waals surface area contributed by atoms with Crippen molar-refractivity contribution in [2.75, 3.05) is 6.54 Å². The maximum absolute atomic E-state index is 11.9. The van der Waals surface area contributed by atoms with Crippen LogP contribution in [0, 0.1) is 0 Å². The van der Waals surface area contributed by atoms with Crippen LogP contribution in [0.1, 0.15) is 12.8 Å². The summed E-state index contributed by atoms with van der Waals surface area (Å²) in [6.45, 7) is -0.986. The molecule has 1 aliphatic heterocycles. The molecule has 1 saturated heterocycles. The third kappa shape index (κ3) is 3.84. The largest absolute Gasteiger partial charge is 0.479 e. The van der Waals surface area contributed by atoms with Crippen LogP contribution in [0.15, 0.2) is 0 Å². The monoisotopic (exact) mass is 271 g/mol. The van der Waals surface area contributed by atoms with E-state index in [0.717, 1.165) is 0 Å². The van der Waals surface area contributed by atoms with Gasteiger partial charge in [-0.15, -0.1) is 0 Å². The van der Waals surface area contributed by atoms with Crippen molar-refractivity contribution in [2.24, 2.45) is 0 Å². The van der Waals surface area contributed by atoms with E-state index in [1.165, 1.54) is 0 Å². The molecule has 0 aromatic carbocycles. The smallest absolute Gasteiger partial charge is 0.416 e. The summed E-state index contributed by atoms with van der Waals surface area (Å²) in [4.78, 5) is 21.9. The van der Waals surface area contributed by atoms with Gasteiger partial charge in [0.1, 0.15) is 6.10 Å². The number of amides is 1. The van der Waals surface area contributed by atoms with Crippen molar-refractivity contribution in [2.45, 2.75) is 37.3 Å². The van der Waals surface area contributed by atoms with E-state index in [1.54, 1.807) is 0 Å². The molecule has 0 saturated carbocycles. The maximum atomic E-state index is 11.9. The Morgan fingerprint density at radius 3 is 2.33 bits per heavy atom. The second-order valence-corrected chi connectivity index (χ2v) is 3.83. The minimum Gasteiger partial charge on any atom is -0.479 e. The van der Waals surface area contributed by atoms with Gasteiger partial charge in [0, 0.05) is 0 Å². The Labute approximate surface area is 99.7 Å². The van der Waals surface area contributed by atoms with Crippen LogP contribution in [-0.2, 0) is 14.3 Å². The number of nitrogens with one attached hydrogen (secondary N) is 1. The van der Waals surface area contributed by atoms with Crippen LogP contribution in [0.5, 0.6) is 0 Å². The highest BCUT2D eigenvalue weighted by Gasteiger charge is 2.39. The number of rotatable bonds is 4. The molecule has 0 aliphatic carbocycles.